The van der Waals surface area contributed by atoms with Crippen LogP contribution in [0.2, 0.25) is 5.02 Å². The van der Waals surface area contributed by atoms with E-state index in [1.807, 2.05) is 41.1 Å². The van der Waals surface area contributed by atoms with E-state index in [9.17, 15) is 0 Å². The van der Waals surface area contributed by atoms with Gasteiger partial charge in [0.25, 0.3) is 0 Å². The summed E-state index contributed by atoms with van der Waals surface area (Å²) in [7, 11) is 0. The van der Waals surface area contributed by atoms with Crippen molar-refractivity contribution < 1.29 is 0 Å². The molecular weight excluding hydrogens is 376 g/mol. The molecule has 114 valence electrons. The first-order chi connectivity index (χ1) is 11.2. The zero-order chi connectivity index (χ0) is 15.8. The Labute approximate surface area is 146 Å². The number of rotatable bonds is 2. The molecule has 23 heavy (non-hydrogen) atoms. The van der Waals surface area contributed by atoms with Gasteiger partial charge in [-0.25, -0.2) is 4.68 Å². The topological polar surface area (TPSA) is 42.7 Å². The highest BCUT2D eigenvalue weighted by Crippen LogP contribution is 2.34. The van der Waals surface area contributed by atoms with E-state index < -0.39 is 0 Å². The molecule has 1 unspecified atom stereocenters. The summed E-state index contributed by atoms with van der Waals surface area (Å²) in [5.41, 5.74) is 3.07. The van der Waals surface area contributed by atoms with Gasteiger partial charge in [-0.05, 0) is 35.4 Å². The first-order valence-electron chi connectivity index (χ1n) is 7.11. The van der Waals surface area contributed by atoms with E-state index in [1.165, 1.54) is 0 Å². The van der Waals surface area contributed by atoms with E-state index in [4.69, 9.17) is 11.6 Å². The highest BCUT2D eigenvalue weighted by molar-refractivity contribution is 9.10. The van der Waals surface area contributed by atoms with Crippen LogP contribution in [-0.2, 0) is 0 Å². The second kappa shape index (κ2) is 5.83. The average Bonchev–Trinajstić information content (AvgIpc) is 3.04. The van der Waals surface area contributed by atoms with Gasteiger partial charge in [0.1, 0.15) is 12.4 Å². The zero-order valence-corrected chi connectivity index (χ0v) is 14.3. The summed E-state index contributed by atoms with van der Waals surface area (Å²) in [4.78, 5) is 4.30. The van der Waals surface area contributed by atoms with Gasteiger partial charge in [0.15, 0.2) is 0 Å². The molecule has 3 aromatic rings. The second-order valence-corrected chi connectivity index (χ2v) is 6.53. The monoisotopic (exact) mass is 386 g/mol. The summed E-state index contributed by atoms with van der Waals surface area (Å²) in [6, 6.07) is 15.9. The van der Waals surface area contributed by atoms with Crippen molar-refractivity contribution in [3.8, 4) is 0 Å². The molecular formula is C17H12BrClN4. The molecule has 6 heteroatoms. The number of fused-ring (bicyclic) bond motifs is 1. The number of benzene rings is 2. The molecule has 1 aliphatic heterocycles. The second-order valence-electron chi connectivity index (χ2n) is 5.21. The Hall–Kier alpha value is -2.11. The molecule has 0 bridgehead atoms. The number of aromatic nitrogens is 3. The number of halogens is 2. The number of nitrogens with one attached hydrogen (secondary N) is 1. The normalized spacial score (nSPS) is 16.4. The lowest BCUT2D eigenvalue weighted by Gasteiger charge is -2.25. The molecule has 1 aromatic heterocycles. The predicted molar refractivity (Wildman–Crippen MR) is 95.4 cm³/mol. The first-order valence-corrected chi connectivity index (χ1v) is 8.28. The SMILES string of the molecule is Clc1ccccc1C1C=C(c2ccc(Br)cc2)Nc2ncnn21. The van der Waals surface area contributed by atoms with Crippen molar-refractivity contribution in [2.24, 2.45) is 0 Å². The maximum atomic E-state index is 6.39. The molecule has 0 aliphatic carbocycles. The minimum atomic E-state index is -0.0962. The zero-order valence-electron chi connectivity index (χ0n) is 11.9. The van der Waals surface area contributed by atoms with Crippen LogP contribution in [0.3, 0.4) is 0 Å². The summed E-state index contributed by atoms with van der Waals surface area (Å²) in [6.45, 7) is 0. The van der Waals surface area contributed by atoms with E-state index in [0.29, 0.717) is 11.0 Å². The molecule has 0 spiro atoms. The summed E-state index contributed by atoms with van der Waals surface area (Å²) in [5.74, 6) is 0.704. The largest absolute Gasteiger partial charge is 0.324 e. The van der Waals surface area contributed by atoms with Crippen molar-refractivity contribution in [2.75, 3.05) is 5.32 Å². The van der Waals surface area contributed by atoms with Crippen LogP contribution in [0.4, 0.5) is 5.95 Å². The molecule has 2 aromatic carbocycles. The summed E-state index contributed by atoms with van der Waals surface area (Å²) in [6.07, 6.45) is 3.66. The van der Waals surface area contributed by atoms with Gasteiger partial charge in [-0.3, -0.25) is 0 Å². The van der Waals surface area contributed by atoms with Crippen LogP contribution in [0, 0.1) is 0 Å². The summed E-state index contributed by atoms with van der Waals surface area (Å²) in [5, 5.41) is 8.37. The van der Waals surface area contributed by atoms with Gasteiger partial charge < -0.3 is 5.32 Å². The molecule has 1 atom stereocenters. The van der Waals surface area contributed by atoms with Gasteiger partial charge in [0.05, 0.1) is 0 Å². The Bertz CT molecular complexity index is 886. The van der Waals surface area contributed by atoms with Crippen LogP contribution in [0.15, 0.2) is 65.4 Å². The van der Waals surface area contributed by atoms with Gasteiger partial charge in [-0.15, -0.1) is 0 Å². The Morgan fingerprint density at radius 3 is 2.65 bits per heavy atom. The third kappa shape index (κ3) is 2.66. The Morgan fingerprint density at radius 1 is 1.09 bits per heavy atom. The van der Waals surface area contributed by atoms with E-state index in [-0.39, 0.29) is 6.04 Å². The van der Waals surface area contributed by atoms with Crippen LogP contribution in [-0.4, -0.2) is 14.8 Å². The highest BCUT2D eigenvalue weighted by Gasteiger charge is 2.24. The Kier molecular flexibility index (Phi) is 3.67. The van der Waals surface area contributed by atoms with Crippen LogP contribution < -0.4 is 5.32 Å². The third-order valence-electron chi connectivity index (χ3n) is 3.79. The Balaban J connectivity index is 1.83. The van der Waals surface area contributed by atoms with Gasteiger partial charge >= 0.3 is 0 Å². The molecule has 1 N–H and O–H groups in total. The van der Waals surface area contributed by atoms with Crippen LogP contribution in [0.25, 0.3) is 5.70 Å². The first kappa shape index (κ1) is 14.5. The lowest BCUT2D eigenvalue weighted by Crippen LogP contribution is -2.20. The molecule has 2 heterocycles. The third-order valence-corrected chi connectivity index (χ3v) is 4.66. The predicted octanol–water partition coefficient (Wildman–Crippen LogP) is 4.75. The van der Waals surface area contributed by atoms with Gasteiger partial charge in [0, 0.05) is 15.2 Å². The molecule has 0 saturated carbocycles. The lowest BCUT2D eigenvalue weighted by molar-refractivity contribution is 0.612. The minimum absolute atomic E-state index is 0.0962. The van der Waals surface area contributed by atoms with Crippen molar-refractivity contribution in [1.29, 1.82) is 0 Å². The molecule has 4 nitrogen and oxygen atoms in total. The van der Waals surface area contributed by atoms with Crippen molar-refractivity contribution in [1.82, 2.24) is 14.8 Å². The number of nitrogens with zero attached hydrogens (tertiary/aromatic N) is 3. The fourth-order valence-corrected chi connectivity index (χ4v) is 3.18. The number of hydrogen-bond acceptors (Lipinski definition) is 3. The van der Waals surface area contributed by atoms with Gasteiger partial charge in [-0.1, -0.05) is 57.9 Å². The van der Waals surface area contributed by atoms with Crippen molar-refractivity contribution >= 4 is 39.2 Å². The van der Waals surface area contributed by atoms with Crippen molar-refractivity contribution in [2.45, 2.75) is 6.04 Å². The van der Waals surface area contributed by atoms with E-state index >= 15 is 0 Å². The maximum Gasteiger partial charge on any atom is 0.226 e. The quantitative estimate of drug-likeness (QED) is 0.690. The number of allylic oxidation sites excluding steroid dienone is 1. The standard InChI is InChI=1S/C17H12BrClN4/c18-12-7-5-11(6-8-12)15-9-16(13-3-1-2-4-14(13)19)23-17(22-15)20-10-21-23/h1-10,16H,(H,20,21,22). The van der Waals surface area contributed by atoms with E-state index in [1.54, 1.807) is 6.33 Å². The van der Waals surface area contributed by atoms with Crippen LogP contribution in [0.1, 0.15) is 17.2 Å². The average molecular weight is 388 g/mol. The van der Waals surface area contributed by atoms with E-state index in [0.717, 1.165) is 21.3 Å². The Morgan fingerprint density at radius 2 is 1.87 bits per heavy atom. The number of anilines is 1. The van der Waals surface area contributed by atoms with Gasteiger partial charge in [0.2, 0.25) is 5.95 Å². The van der Waals surface area contributed by atoms with Crippen LogP contribution >= 0.6 is 27.5 Å². The van der Waals surface area contributed by atoms with Crippen LogP contribution in [0.5, 0.6) is 0 Å². The lowest BCUT2D eigenvalue weighted by atomic mass is 10.0. The smallest absolute Gasteiger partial charge is 0.226 e. The number of hydrogen-bond donors (Lipinski definition) is 1. The fraction of sp³-hybridized carbons (Fsp3) is 0.0588. The van der Waals surface area contributed by atoms with E-state index in [2.05, 4.69) is 49.5 Å². The molecule has 0 fully saturated rings. The highest BCUT2D eigenvalue weighted by atomic mass is 79.9. The molecule has 1 aliphatic rings. The molecule has 0 amide bonds. The van der Waals surface area contributed by atoms with Crippen molar-refractivity contribution in [3.63, 3.8) is 0 Å². The van der Waals surface area contributed by atoms with Crippen molar-refractivity contribution in [3.05, 3.63) is 81.6 Å². The maximum absolute atomic E-state index is 6.39. The fourth-order valence-electron chi connectivity index (χ4n) is 2.67. The summed E-state index contributed by atoms with van der Waals surface area (Å²) < 4.78 is 2.88. The van der Waals surface area contributed by atoms with Gasteiger partial charge in [-0.2, -0.15) is 10.1 Å². The minimum Gasteiger partial charge on any atom is -0.324 e. The molecule has 0 radical (unpaired) electrons. The molecule has 0 saturated heterocycles. The molecule has 4 rings (SSSR count). The summed E-state index contributed by atoms with van der Waals surface area (Å²) >= 11 is 9.85.